The number of nitrogens with one attached hydrogen (secondary N) is 1. The fourth-order valence-corrected chi connectivity index (χ4v) is 2.82. The molecule has 28 heavy (non-hydrogen) atoms. The number of ether oxygens (including phenoxy) is 2. The Morgan fingerprint density at radius 3 is 2.46 bits per heavy atom. The number of benzene rings is 2. The van der Waals surface area contributed by atoms with Crippen LogP contribution in [-0.4, -0.2) is 44.3 Å². The zero-order valence-corrected chi connectivity index (χ0v) is 15.9. The Kier molecular flexibility index (Phi) is 6.26. The smallest absolute Gasteiger partial charge is 0.339 e. The van der Waals surface area contributed by atoms with E-state index in [1.807, 2.05) is 12.1 Å². The minimum Gasteiger partial charge on any atom is -0.449 e. The summed E-state index contributed by atoms with van der Waals surface area (Å²) in [5.41, 5.74) is 2.16. The fraction of sp³-hybridized carbons (Fsp3) is 0.333. The Hall–Kier alpha value is -2.93. The summed E-state index contributed by atoms with van der Waals surface area (Å²) in [5, 5.41) is 2.72. The quantitative estimate of drug-likeness (QED) is 0.800. The van der Waals surface area contributed by atoms with Gasteiger partial charge in [-0.2, -0.15) is 0 Å². The summed E-state index contributed by atoms with van der Waals surface area (Å²) in [6.07, 6.45) is -1.02. The van der Waals surface area contributed by atoms with Gasteiger partial charge in [0, 0.05) is 24.5 Å². The molecule has 1 aliphatic rings. The van der Waals surface area contributed by atoms with Crippen molar-refractivity contribution in [2.45, 2.75) is 20.0 Å². The van der Waals surface area contributed by atoms with Crippen LogP contribution in [0.15, 0.2) is 42.5 Å². The largest absolute Gasteiger partial charge is 0.449 e. The summed E-state index contributed by atoms with van der Waals surface area (Å²) in [5.74, 6) is -1.70. The third-order valence-corrected chi connectivity index (χ3v) is 4.57. The van der Waals surface area contributed by atoms with E-state index in [2.05, 4.69) is 10.2 Å². The second-order valence-corrected chi connectivity index (χ2v) is 6.65. The molecule has 1 amide bonds. The van der Waals surface area contributed by atoms with E-state index < -0.39 is 23.8 Å². The summed E-state index contributed by atoms with van der Waals surface area (Å²) >= 11 is 0. The minimum atomic E-state index is -1.02. The predicted octanol–water partition coefficient (Wildman–Crippen LogP) is 3.15. The molecule has 7 heteroatoms. The van der Waals surface area contributed by atoms with Crippen LogP contribution in [0.2, 0.25) is 0 Å². The molecule has 2 aromatic carbocycles. The number of carbonyl (C=O) groups is 2. The van der Waals surface area contributed by atoms with E-state index in [9.17, 15) is 14.0 Å². The second-order valence-electron chi connectivity index (χ2n) is 6.65. The molecule has 6 nitrogen and oxygen atoms in total. The number of aryl methyl sites for hydroxylation is 1. The van der Waals surface area contributed by atoms with E-state index in [0.717, 1.165) is 24.8 Å². The first-order valence-electron chi connectivity index (χ1n) is 9.15. The number of esters is 1. The van der Waals surface area contributed by atoms with Crippen LogP contribution in [0.4, 0.5) is 15.8 Å². The summed E-state index contributed by atoms with van der Waals surface area (Å²) in [4.78, 5) is 26.6. The predicted molar refractivity (Wildman–Crippen MR) is 104 cm³/mol. The molecular formula is C21H23FN2O4. The van der Waals surface area contributed by atoms with Crippen molar-refractivity contribution in [1.29, 1.82) is 0 Å². The molecule has 1 heterocycles. The normalized spacial score (nSPS) is 15.0. The molecule has 0 bridgehead atoms. The Labute approximate surface area is 163 Å². The van der Waals surface area contributed by atoms with E-state index in [4.69, 9.17) is 9.47 Å². The average Bonchev–Trinajstić information content (AvgIpc) is 2.71. The molecule has 0 aromatic heterocycles. The Morgan fingerprint density at radius 2 is 1.82 bits per heavy atom. The van der Waals surface area contributed by atoms with Crippen LogP contribution < -0.4 is 10.2 Å². The lowest BCUT2D eigenvalue weighted by Crippen LogP contribution is -2.36. The highest BCUT2D eigenvalue weighted by molar-refractivity contribution is 5.97. The van der Waals surface area contributed by atoms with E-state index in [1.54, 1.807) is 19.1 Å². The maximum Gasteiger partial charge on any atom is 0.339 e. The Bertz CT molecular complexity index is 848. The van der Waals surface area contributed by atoms with Gasteiger partial charge < -0.3 is 19.7 Å². The van der Waals surface area contributed by atoms with E-state index >= 15 is 0 Å². The van der Waals surface area contributed by atoms with Gasteiger partial charge in [-0.15, -0.1) is 0 Å². The number of carbonyl (C=O) groups excluding carboxylic acids is 2. The van der Waals surface area contributed by atoms with Crippen LogP contribution in [0, 0.1) is 12.7 Å². The Morgan fingerprint density at radius 1 is 1.14 bits per heavy atom. The average molecular weight is 386 g/mol. The van der Waals surface area contributed by atoms with E-state index in [0.29, 0.717) is 24.5 Å². The lowest BCUT2D eigenvalue weighted by molar-refractivity contribution is -0.123. The van der Waals surface area contributed by atoms with Crippen LogP contribution in [0.25, 0.3) is 0 Å². The SMILES string of the molecule is Cc1ccc(C(=O)O[C@@H](C)C(=O)Nc2ccc(N3CCOCC3)cc2)cc1F. The molecule has 2 aromatic rings. The second kappa shape index (κ2) is 8.84. The zero-order valence-electron chi connectivity index (χ0n) is 15.9. The van der Waals surface area contributed by atoms with Gasteiger partial charge in [-0.1, -0.05) is 6.07 Å². The molecule has 1 N–H and O–H groups in total. The summed E-state index contributed by atoms with van der Waals surface area (Å²) in [6.45, 7) is 6.14. The summed E-state index contributed by atoms with van der Waals surface area (Å²) in [7, 11) is 0. The van der Waals surface area contributed by atoms with Gasteiger partial charge in [0.2, 0.25) is 0 Å². The van der Waals surface area contributed by atoms with Gasteiger partial charge in [0.1, 0.15) is 5.82 Å². The van der Waals surface area contributed by atoms with Gasteiger partial charge in [0.25, 0.3) is 5.91 Å². The number of morpholine rings is 1. The Balaban J connectivity index is 1.56. The van der Waals surface area contributed by atoms with Crippen molar-refractivity contribution < 1.29 is 23.5 Å². The van der Waals surface area contributed by atoms with E-state index in [1.165, 1.54) is 19.1 Å². The standard InChI is InChI=1S/C21H23FN2O4/c1-14-3-4-16(13-19(14)22)21(26)28-15(2)20(25)23-17-5-7-18(8-6-17)24-9-11-27-12-10-24/h3-8,13,15H,9-12H2,1-2H3,(H,23,25)/t15-/m0/s1. The number of hydrogen-bond donors (Lipinski definition) is 1. The van der Waals surface area contributed by atoms with Crippen LogP contribution in [-0.2, 0) is 14.3 Å². The van der Waals surface area contributed by atoms with Gasteiger partial charge in [-0.05, 0) is 55.8 Å². The number of anilines is 2. The fourth-order valence-electron chi connectivity index (χ4n) is 2.82. The molecule has 1 atom stereocenters. The van der Waals surface area contributed by atoms with Crippen molar-refractivity contribution in [3.05, 3.63) is 59.4 Å². The monoisotopic (exact) mass is 386 g/mol. The van der Waals surface area contributed by atoms with Gasteiger partial charge in [-0.3, -0.25) is 4.79 Å². The number of hydrogen-bond acceptors (Lipinski definition) is 5. The van der Waals surface area contributed by atoms with Crippen molar-refractivity contribution in [2.75, 3.05) is 36.5 Å². The van der Waals surface area contributed by atoms with Crippen molar-refractivity contribution >= 4 is 23.3 Å². The van der Waals surface area contributed by atoms with Crippen LogP contribution in [0.3, 0.4) is 0 Å². The summed E-state index contributed by atoms with van der Waals surface area (Å²) in [6, 6.07) is 11.5. The molecule has 0 saturated carbocycles. The van der Waals surface area contributed by atoms with Gasteiger partial charge in [-0.25, -0.2) is 9.18 Å². The number of halogens is 1. The highest BCUT2D eigenvalue weighted by Crippen LogP contribution is 2.19. The third kappa shape index (κ3) is 4.86. The van der Waals surface area contributed by atoms with Gasteiger partial charge in [0.05, 0.1) is 18.8 Å². The highest BCUT2D eigenvalue weighted by atomic mass is 19.1. The van der Waals surface area contributed by atoms with Crippen LogP contribution >= 0.6 is 0 Å². The zero-order chi connectivity index (χ0) is 20.1. The molecule has 3 rings (SSSR count). The first-order valence-corrected chi connectivity index (χ1v) is 9.15. The van der Waals surface area contributed by atoms with E-state index in [-0.39, 0.29) is 5.56 Å². The highest BCUT2D eigenvalue weighted by Gasteiger charge is 2.20. The first kappa shape index (κ1) is 19.8. The topological polar surface area (TPSA) is 67.9 Å². The van der Waals surface area contributed by atoms with Gasteiger partial charge in [0.15, 0.2) is 6.10 Å². The molecule has 0 radical (unpaired) electrons. The van der Waals surface area contributed by atoms with Gasteiger partial charge >= 0.3 is 5.97 Å². The molecule has 1 aliphatic heterocycles. The molecular weight excluding hydrogens is 363 g/mol. The maximum absolute atomic E-state index is 13.6. The molecule has 1 fully saturated rings. The number of rotatable bonds is 5. The molecule has 0 unspecified atom stereocenters. The van der Waals surface area contributed by atoms with Crippen molar-refractivity contribution in [3.8, 4) is 0 Å². The minimum absolute atomic E-state index is 0.0672. The van der Waals surface area contributed by atoms with Crippen molar-refractivity contribution in [3.63, 3.8) is 0 Å². The maximum atomic E-state index is 13.6. The first-order chi connectivity index (χ1) is 13.4. The molecule has 0 aliphatic carbocycles. The van der Waals surface area contributed by atoms with Crippen molar-refractivity contribution in [1.82, 2.24) is 0 Å². The lowest BCUT2D eigenvalue weighted by atomic mass is 10.1. The third-order valence-electron chi connectivity index (χ3n) is 4.57. The number of nitrogens with zero attached hydrogens (tertiary/aromatic N) is 1. The van der Waals surface area contributed by atoms with Crippen molar-refractivity contribution in [2.24, 2.45) is 0 Å². The summed E-state index contributed by atoms with van der Waals surface area (Å²) < 4.78 is 24.1. The molecule has 1 saturated heterocycles. The number of amides is 1. The van der Waals surface area contributed by atoms with Crippen LogP contribution in [0.1, 0.15) is 22.8 Å². The molecule has 0 spiro atoms. The molecule has 148 valence electrons. The lowest BCUT2D eigenvalue weighted by Gasteiger charge is -2.28. The van der Waals surface area contributed by atoms with Crippen LogP contribution in [0.5, 0.6) is 0 Å².